The molecular weight excluding hydrogens is 360 g/mol. The molecule has 1 heterocycles. The molecular formula is C15H30N6O6. The third kappa shape index (κ3) is 8.41. The molecule has 0 radical (unpaired) electrons. The maximum atomic E-state index is 9.29. The van der Waals surface area contributed by atoms with E-state index in [-0.39, 0.29) is 26.8 Å². The molecule has 1 rings (SSSR count). The minimum atomic E-state index is -0.0620. The maximum absolute atomic E-state index is 9.29. The largest absolute Gasteiger partial charge is 0.395 e. The summed E-state index contributed by atoms with van der Waals surface area (Å²) in [5.74, 6) is 1.17. The summed E-state index contributed by atoms with van der Waals surface area (Å²) >= 11 is 0. The Morgan fingerprint density at radius 1 is 0.778 bits per heavy atom. The van der Waals surface area contributed by atoms with Gasteiger partial charge in [-0.1, -0.05) is 0 Å². The van der Waals surface area contributed by atoms with Crippen LogP contribution in [0.25, 0.3) is 0 Å². The summed E-state index contributed by atoms with van der Waals surface area (Å²) in [6, 6.07) is 0. The molecule has 0 unspecified atom stereocenters. The summed E-state index contributed by atoms with van der Waals surface area (Å²) in [5, 5.41) is 9.29. The lowest BCUT2D eigenvalue weighted by molar-refractivity contribution is -0.0979. The second kappa shape index (κ2) is 15.0. The number of carbonyl (C=O) groups excluding carboxylic acids is 1. The average Bonchev–Trinajstić information content (AvgIpc) is 2.69. The Kier molecular flexibility index (Phi) is 13.8. The second-order valence-corrected chi connectivity index (χ2v) is 5.13. The van der Waals surface area contributed by atoms with E-state index in [1.807, 2.05) is 6.79 Å². The van der Waals surface area contributed by atoms with Gasteiger partial charge >= 0.3 is 0 Å². The Morgan fingerprint density at radius 2 is 1.19 bits per heavy atom. The fourth-order valence-electron chi connectivity index (χ4n) is 2.01. The number of aromatic nitrogens is 3. The van der Waals surface area contributed by atoms with E-state index >= 15 is 0 Å². The van der Waals surface area contributed by atoms with Crippen molar-refractivity contribution in [2.75, 3.05) is 90.3 Å². The van der Waals surface area contributed by atoms with Crippen LogP contribution in [-0.2, 0) is 23.7 Å². The lowest BCUT2D eigenvalue weighted by Crippen LogP contribution is -2.35. The zero-order valence-electron chi connectivity index (χ0n) is 16.6. The molecule has 12 nitrogen and oxygen atoms in total. The van der Waals surface area contributed by atoms with Gasteiger partial charge in [-0.25, -0.2) is 0 Å². The molecule has 0 aliphatic carbocycles. The Bertz CT molecular complexity index is 465. The SMILES string of the molecule is C=O.COCN(C)c1nc(N(CCO)COC)nc(N(COC)COC)n1. The van der Waals surface area contributed by atoms with E-state index in [0.29, 0.717) is 31.1 Å². The minimum absolute atomic E-state index is 0.0620. The number of aliphatic hydroxyl groups excluding tert-OH is 1. The number of hydrogen-bond donors (Lipinski definition) is 1. The standard InChI is InChI=1S/C14H28N6O5.CH2O/c1-18(8-22-2)12-15-13(19(6-7-21)9-23-3)17-14(16-12)20(10-24-4)11-25-5;1-2/h21H,6-11H2,1-5H3;1H2. The van der Waals surface area contributed by atoms with Crippen molar-refractivity contribution in [3.8, 4) is 0 Å². The topological polar surface area (TPSA) is 123 Å². The van der Waals surface area contributed by atoms with Crippen LogP contribution in [-0.4, -0.2) is 102 Å². The van der Waals surface area contributed by atoms with Crippen molar-refractivity contribution in [1.29, 1.82) is 0 Å². The molecule has 156 valence electrons. The summed E-state index contributed by atoms with van der Waals surface area (Å²) in [7, 11) is 8.10. The number of methoxy groups -OCH3 is 4. The van der Waals surface area contributed by atoms with Gasteiger partial charge in [-0.05, 0) is 0 Å². The number of hydrogen-bond acceptors (Lipinski definition) is 12. The van der Waals surface area contributed by atoms with E-state index in [9.17, 15) is 5.11 Å². The summed E-state index contributed by atoms with van der Waals surface area (Å²) < 4.78 is 20.7. The van der Waals surface area contributed by atoms with Crippen molar-refractivity contribution in [2.24, 2.45) is 0 Å². The van der Waals surface area contributed by atoms with Gasteiger partial charge < -0.3 is 38.6 Å². The van der Waals surface area contributed by atoms with Crippen molar-refractivity contribution in [3.05, 3.63) is 0 Å². The van der Waals surface area contributed by atoms with Gasteiger partial charge in [-0.2, -0.15) is 15.0 Å². The van der Waals surface area contributed by atoms with E-state index in [4.69, 9.17) is 23.7 Å². The second-order valence-electron chi connectivity index (χ2n) is 5.13. The van der Waals surface area contributed by atoms with E-state index in [1.165, 1.54) is 0 Å². The van der Waals surface area contributed by atoms with E-state index in [0.717, 1.165) is 0 Å². The summed E-state index contributed by atoms with van der Waals surface area (Å²) in [5.41, 5.74) is 0. The van der Waals surface area contributed by atoms with Crippen LogP contribution >= 0.6 is 0 Å². The van der Waals surface area contributed by atoms with Crippen LogP contribution in [0.5, 0.6) is 0 Å². The fraction of sp³-hybridized carbons (Fsp3) is 0.733. The van der Waals surface area contributed by atoms with E-state index in [2.05, 4.69) is 15.0 Å². The maximum Gasteiger partial charge on any atom is 0.235 e. The van der Waals surface area contributed by atoms with Gasteiger partial charge in [-0.15, -0.1) is 0 Å². The molecule has 0 fully saturated rings. The van der Waals surface area contributed by atoms with Gasteiger partial charge in [-0.3, -0.25) is 4.90 Å². The summed E-state index contributed by atoms with van der Waals surface area (Å²) in [6.45, 7) is 3.28. The predicted octanol–water partition coefficient (Wildman–Crippen LogP) is -0.856. The highest BCUT2D eigenvalue weighted by Crippen LogP contribution is 2.18. The molecule has 12 heteroatoms. The van der Waals surface area contributed by atoms with Crippen LogP contribution in [0.1, 0.15) is 0 Å². The summed E-state index contributed by atoms with van der Waals surface area (Å²) in [6.07, 6.45) is 0. The van der Waals surface area contributed by atoms with Crippen molar-refractivity contribution in [3.63, 3.8) is 0 Å². The third-order valence-corrected chi connectivity index (χ3v) is 3.05. The number of carbonyl (C=O) groups is 1. The van der Waals surface area contributed by atoms with Crippen molar-refractivity contribution < 1.29 is 28.8 Å². The van der Waals surface area contributed by atoms with Crippen LogP contribution in [0, 0.1) is 0 Å². The Hall–Kier alpha value is -2.12. The molecule has 0 saturated carbocycles. The minimum Gasteiger partial charge on any atom is -0.395 e. The Balaban J connectivity index is 0.00000326. The lowest BCUT2D eigenvalue weighted by Gasteiger charge is -2.26. The van der Waals surface area contributed by atoms with Gasteiger partial charge in [0.25, 0.3) is 0 Å². The molecule has 0 aliphatic rings. The van der Waals surface area contributed by atoms with Gasteiger partial charge in [0.15, 0.2) is 0 Å². The Labute approximate surface area is 159 Å². The first-order chi connectivity index (χ1) is 13.1. The number of aliphatic hydroxyl groups is 1. The molecule has 0 aliphatic heterocycles. The van der Waals surface area contributed by atoms with Crippen LogP contribution in [0.4, 0.5) is 17.8 Å². The number of nitrogens with zero attached hydrogens (tertiary/aromatic N) is 6. The highest BCUT2D eigenvalue weighted by molar-refractivity contribution is 5.45. The van der Waals surface area contributed by atoms with Gasteiger partial charge in [0.2, 0.25) is 17.8 Å². The monoisotopic (exact) mass is 390 g/mol. The summed E-state index contributed by atoms with van der Waals surface area (Å²) in [4.78, 5) is 26.5. The number of anilines is 3. The van der Waals surface area contributed by atoms with Crippen molar-refractivity contribution >= 4 is 24.6 Å². The van der Waals surface area contributed by atoms with Crippen molar-refractivity contribution in [1.82, 2.24) is 15.0 Å². The van der Waals surface area contributed by atoms with Crippen LogP contribution in [0.15, 0.2) is 0 Å². The number of ether oxygens (including phenoxy) is 4. The normalized spacial score (nSPS) is 10.1. The van der Waals surface area contributed by atoms with Crippen LogP contribution in [0.2, 0.25) is 0 Å². The fourth-order valence-corrected chi connectivity index (χ4v) is 2.01. The molecule has 0 saturated heterocycles. The molecule has 0 amide bonds. The van der Waals surface area contributed by atoms with Gasteiger partial charge in [0.1, 0.15) is 33.7 Å². The number of rotatable bonds is 13. The zero-order valence-corrected chi connectivity index (χ0v) is 16.6. The van der Waals surface area contributed by atoms with Crippen LogP contribution < -0.4 is 14.7 Å². The highest BCUT2D eigenvalue weighted by Gasteiger charge is 2.19. The first-order valence-electron chi connectivity index (χ1n) is 7.93. The van der Waals surface area contributed by atoms with Crippen molar-refractivity contribution in [2.45, 2.75) is 0 Å². The van der Waals surface area contributed by atoms with Crippen LogP contribution in [0.3, 0.4) is 0 Å². The Morgan fingerprint density at radius 3 is 1.63 bits per heavy atom. The van der Waals surface area contributed by atoms with E-state index < -0.39 is 0 Å². The highest BCUT2D eigenvalue weighted by atomic mass is 16.5. The zero-order chi connectivity index (χ0) is 20.7. The van der Waals surface area contributed by atoms with E-state index in [1.54, 1.807) is 50.2 Å². The smallest absolute Gasteiger partial charge is 0.235 e. The first-order valence-corrected chi connectivity index (χ1v) is 7.93. The molecule has 1 aromatic heterocycles. The first kappa shape index (κ1) is 24.9. The molecule has 1 aromatic rings. The van der Waals surface area contributed by atoms with Gasteiger partial charge in [0.05, 0.1) is 6.61 Å². The molecule has 0 atom stereocenters. The average molecular weight is 390 g/mol. The molecule has 1 N–H and O–H groups in total. The third-order valence-electron chi connectivity index (χ3n) is 3.05. The molecule has 0 aromatic carbocycles. The molecule has 27 heavy (non-hydrogen) atoms. The predicted molar refractivity (Wildman–Crippen MR) is 99.8 cm³/mol. The van der Waals surface area contributed by atoms with Gasteiger partial charge in [0, 0.05) is 42.0 Å². The lowest BCUT2D eigenvalue weighted by atomic mass is 10.6. The quantitative estimate of drug-likeness (QED) is 0.422. The molecule has 0 spiro atoms. The molecule has 0 bridgehead atoms.